The number of nitrogens with one attached hydrogen (secondary N) is 1. The van der Waals surface area contributed by atoms with E-state index in [0.29, 0.717) is 17.6 Å². The Bertz CT molecular complexity index is 431. The summed E-state index contributed by atoms with van der Waals surface area (Å²) in [6.45, 7) is 1.09. The predicted octanol–water partition coefficient (Wildman–Crippen LogP) is 3.08. The number of hydrogen-bond donors (Lipinski definition) is 1. The van der Waals surface area contributed by atoms with Crippen molar-refractivity contribution in [1.29, 1.82) is 0 Å². The van der Waals surface area contributed by atoms with Crippen molar-refractivity contribution in [2.45, 2.75) is 37.6 Å². The van der Waals surface area contributed by atoms with Crippen LogP contribution in [0, 0.1) is 11.7 Å². The van der Waals surface area contributed by atoms with Gasteiger partial charge in [-0.05, 0) is 61.8 Å². The van der Waals surface area contributed by atoms with Crippen molar-refractivity contribution in [3.8, 4) is 5.75 Å². The Balaban J connectivity index is 1.64. The Morgan fingerprint density at radius 3 is 2.67 bits per heavy atom. The molecule has 2 saturated carbocycles. The van der Waals surface area contributed by atoms with Crippen molar-refractivity contribution in [3.05, 3.63) is 29.6 Å². The van der Waals surface area contributed by atoms with Gasteiger partial charge in [-0.15, -0.1) is 0 Å². The molecule has 3 heteroatoms. The first-order valence-corrected chi connectivity index (χ1v) is 6.84. The van der Waals surface area contributed by atoms with Crippen LogP contribution in [-0.2, 0) is 0 Å². The van der Waals surface area contributed by atoms with Gasteiger partial charge in [0.1, 0.15) is 0 Å². The zero-order valence-electron chi connectivity index (χ0n) is 10.8. The zero-order chi connectivity index (χ0) is 12.5. The summed E-state index contributed by atoms with van der Waals surface area (Å²) >= 11 is 0. The summed E-state index contributed by atoms with van der Waals surface area (Å²) in [6, 6.07) is 6.16. The van der Waals surface area contributed by atoms with E-state index in [-0.39, 0.29) is 5.82 Å². The van der Waals surface area contributed by atoms with E-state index in [1.54, 1.807) is 12.1 Å². The number of methoxy groups -OCH3 is 1. The second-order valence-electron chi connectivity index (χ2n) is 5.52. The molecule has 3 rings (SSSR count). The Kier molecular flexibility index (Phi) is 3.25. The van der Waals surface area contributed by atoms with E-state index in [9.17, 15) is 4.39 Å². The molecule has 0 heterocycles. The molecule has 1 N–H and O–H groups in total. The molecule has 98 valence electrons. The highest BCUT2D eigenvalue weighted by molar-refractivity contribution is 5.32. The maximum absolute atomic E-state index is 13.7. The van der Waals surface area contributed by atoms with Crippen molar-refractivity contribution in [3.63, 3.8) is 0 Å². The number of ether oxygens (including phenoxy) is 1. The van der Waals surface area contributed by atoms with Gasteiger partial charge in [0.05, 0.1) is 7.11 Å². The normalized spacial score (nSPS) is 26.8. The maximum atomic E-state index is 13.7. The van der Waals surface area contributed by atoms with Crippen LogP contribution in [0.25, 0.3) is 0 Å². The Morgan fingerprint density at radius 2 is 2.11 bits per heavy atom. The molecular formula is C15H20FNO. The lowest BCUT2D eigenvalue weighted by molar-refractivity contribution is 0.244. The molecule has 0 radical (unpaired) electrons. The van der Waals surface area contributed by atoms with Gasteiger partial charge in [-0.3, -0.25) is 0 Å². The van der Waals surface area contributed by atoms with Gasteiger partial charge in [0.2, 0.25) is 0 Å². The van der Waals surface area contributed by atoms with Crippen LogP contribution in [0.5, 0.6) is 5.75 Å². The summed E-state index contributed by atoms with van der Waals surface area (Å²) in [6.07, 6.45) is 5.10. The fourth-order valence-corrected chi connectivity index (χ4v) is 2.77. The van der Waals surface area contributed by atoms with Crippen LogP contribution in [0.15, 0.2) is 18.2 Å². The molecule has 2 aliphatic rings. The molecule has 2 aliphatic carbocycles. The van der Waals surface area contributed by atoms with Gasteiger partial charge in [0, 0.05) is 6.04 Å². The number of benzene rings is 1. The number of rotatable bonds is 5. The highest BCUT2D eigenvalue weighted by Gasteiger charge is 2.33. The summed E-state index contributed by atoms with van der Waals surface area (Å²) in [5.41, 5.74) is 1.13. The van der Waals surface area contributed by atoms with E-state index in [1.807, 2.05) is 6.07 Å². The van der Waals surface area contributed by atoms with E-state index in [2.05, 4.69) is 5.32 Å². The molecule has 0 aliphatic heterocycles. The molecule has 0 aromatic heterocycles. The first-order valence-electron chi connectivity index (χ1n) is 6.84. The standard InChI is InChI=1S/C15H20FNO/c1-18-15-7-3-10(8-14(15)16)13-6-2-11(13)9-17-12-4-5-12/h3,7-8,11-13,17H,2,4-6,9H2,1H3. The summed E-state index contributed by atoms with van der Waals surface area (Å²) < 4.78 is 18.6. The minimum absolute atomic E-state index is 0.240. The predicted molar refractivity (Wildman–Crippen MR) is 69.4 cm³/mol. The lowest BCUT2D eigenvalue weighted by Gasteiger charge is -2.37. The average molecular weight is 249 g/mol. The van der Waals surface area contributed by atoms with Crippen molar-refractivity contribution in [1.82, 2.24) is 5.32 Å². The fourth-order valence-electron chi connectivity index (χ4n) is 2.77. The summed E-state index contributed by atoms with van der Waals surface area (Å²) in [4.78, 5) is 0. The highest BCUT2D eigenvalue weighted by Crippen LogP contribution is 2.43. The Hall–Kier alpha value is -1.09. The highest BCUT2D eigenvalue weighted by atomic mass is 19.1. The van der Waals surface area contributed by atoms with Gasteiger partial charge in [0.15, 0.2) is 11.6 Å². The molecule has 2 unspecified atom stereocenters. The van der Waals surface area contributed by atoms with E-state index in [4.69, 9.17) is 4.74 Å². The molecule has 0 amide bonds. The molecule has 0 spiro atoms. The van der Waals surface area contributed by atoms with Crippen LogP contribution in [0.2, 0.25) is 0 Å². The van der Waals surface area contributed by atoms with Crippen LogP contribution in [0.4, 0.5) is 4.39 Å². The van der Waals surface area contributed by atoms with Gasteiger partial charge in [0.25, 0.3) is 0 Å². The van der Waals surface area contributed by atoms with Crippen LogP contribution in [0.1, 0.15) is 37.2 Å². The molecule has 2 fully saturated rings. The summed E-state index contributed by atoms with van der Waals surface area (Å²) in [5.74, 6) is 1.30. The minimum Gasteiger partial charge on any atom is -0.494 e. The minimum atomic E-state index is -0.240. The van der Waals surface area contributed by atoms with Crippen molar-refractivity contribution in [2.24, 2.45) is 5.92 Å². The quantitative estimate of drug-likeness (QED) is 0.866. The van der Waals surface area contributed by atoms with Crippen molar-refractivity contribution < 1.29 is 9.13 Å². The molecule has 0 bridgehead atoms. The molecule has 1 aromatic rings. The van der Waals surface area contributed by atoms with E-state index >= 15 is 0 Å². The molecular weight excluding hydrogens is 229 g/mol. The van der Waals surface area contributed by atoms with Gasteiger partial charge in [-0.2, -0.15) is 0 Å². The lowest BCUT2D eigenvalue weighted by Crippen LogP contribution is -2.34. The number of halogens is 1. The monoisotopic (exact) mass is 249 g/mol. The van der Waals surface area contributed by atoms with Gasteiger partial charge >= 0.3 is 0 Å². The fraction of sp³-hybridized carbons (Fsp3) is 0.600. The number of hydrogen-bond acceptors (Lipinski definition) is 2. The molecule has 0 saturated heterocycles. The van der Waals surface area contributed by atoms with E-state index < -0.39 is 0 Å². The first kappa shape index (κ1) is 12.0. The van der Waals surface area contributed by atoms with Crippen LogP contribution in [-0.4, -0.2) is 19.7 Å². The summed E-state index contributed by atoms with van der Waals surface area (Å²) in [7, 11) is 1.50. The van der Waals surface area contributed by atoms with Crippen molar-refractivity contribution >= 4 is 0 Å². The van der Waals surface area contributed by atoms with Crippen LogP contribution < -0.4 is 10.1 Å². The van der Waals surface area contributed by atoms with E-state index in [1.165, 1.54) is 32.8 Å². The smallest absolute Gasteiger partial charge is 0.165 e. The second-order valence-corrected chi connectivity index (χ2v) is 5.52. The third-order valence-electron chi connectivity index (χ3n) is 4.27. The van der Waals surface area contributed by atoms with Gasteiger partial charge in [-0.1, -0.05) is 6.07 Å². The Morgan fingerprint density at radius 1 is 1.28 bits per heavy atom. The first-order chi connectivity index (χ1) is 8.78. The third kappa shape index (κ3) is 2.37. The van der Waals surface area contributed by atoms with E-state index in [0.717, 1.165) is 18.2 Å². The van der Waals surface area contributed by atoms with Gasteiger partial charge < -0.3 is 10.1 Å². The Labute approximate surface area is 108 Å². The molecule has 18 heavy (non-hydrogen) atoms. The lowest BCUT2D eigenvalue weighted by atomic mass is 9.70. The maximum Gasteiger partial charge on any atom is 0.165 e. The van der Waals surface area contributed by atoms with Crippen LogP contribution >= 0.6 is 0 Å². The van der Waals surface area contributed by atoms with Crippen molar-refractivity contribution in [2.75, 3.05) is 13.7 Å². The third-order valence-corrected chi connectivity index (χ3v) is 4.27. The largest absolute Gasteiger partial charge is 0.494 e. The molecule has 1 aromatic carbocycles. The molecule has 2 atom stereocenters. The molecule has 2 nitrogen and oxygen atoms in total. The average Bonchev–Trinajstić information content (AvgIpc) is 3.12. The zero-order valence-corrected chi connectivity index (χ0v) is 10.8. The second kappa shape index (κ2) is 4.88. The topological polar surface area (TPSA) is 21.3 Å². The SMILES string of the molecule is COc1ccc(C2CCC2CNC2CC2)cc1F. The summed E-state index contributed by atoms with van der Waals surface area (Å²) in [5, 5.41) is 3.58. The van der Waals surface area contributed by atoms with Gasteiger partial charge in [-0.25, -0.2) is 4.39 Å². The van der Waals surface area contributed by atoms with Crippen LogP contribution in [0.3, 0.4) is 0 Å².